The van der Waals surface area contributed by atoms with Crippen molar-refractivity contribution in [3.8, 4) is 0 Å². The van der Waals surface area contributed by atoms with Crippen molar-refractivity contribution in [3.05, 3.63) is 29.3 Å². The summed E-state index contributed by atoms with van der Waals surface area (Å²) in [5, 5.41) is 3.37. The summed E-state index contributed by atoms with van der Waals surface area (Å²) in [6, 6.07) is 6.24. The minimum atomic E-state index is 0.885. The van der Waals surface area contributed by atoms with Gasteiger partial charge >= 0.3 is 0 Å². The van der Waals surface area contributed by atoms with Gasteiger partial charge < -0.3 is 5.32 Å². The first-order valence-electron chi connectivity index (χ1n) is 4.44. The van der Waals surface area contributed by atoms with Gasteiger partial charge in [0.25, 0.3) is 0 Å². The summed E-state index contributed by atoms with van der Waals surface area (Å²) in [6.07, 6.45) is 2.25. The Morgan fingerprint density at radius 2 is 1.83 bits per heavy atom. The number of fused-ring (bicyclic) bond motifs is 1. The quantitative estimate of drug-likeness (QED) is 0.529. The molecule has 0 saturated carbocycles. The molecule has 1 N–H and O–H groups in total. The minimum absolute atomic E-state index is 0.885. The third kappa shape index (κ3) is 1.53. The molecule has 60 valence electrons. The van der Waals surface area contributed by atoms with Gasteiger partial charge in [0, 0.05) is 0 Å². The summed E-state index contributed by atoms with van der Waals surface area (Å²) in [5.41, 5.74) is 3.75. The van der Waals surface area contributed by atoms with E-state index in [1.165, 1.54) is 11.1 Å². The predicted molar refractivity (Wildman–Crippen MR) is 52.1 cm³/mol. The molecule has 1 aliphatic heterocycles. The maximum atomic E-state index is 5.71. The van der Waals surface area contributed by atoms with Gasteiger partial charge in [0.05, 0.1) is 0 Å². The zero-order valence-corrected chi connectivity index (χ0v) is 7.14. The second kappa shape index (κ2) is 3.32. The highest BCUT2D eigenvalue weighted by atomic mass is 14.8. The molecule has 0 aliphatic carbocycles. The fourth-order valence-electron chi connectivity index (χ4n) is 1.69. The third-order valence-corrected chi connectivity index (χ3v) is 2.37. The Morgan fingerprint density at radius 3 is 2.67 bits per heavy atom. The highest BCUT2D eigenvalue weighted by molar-refractivity contribution is 6.32. The highest BCUT2D eigenvalue weighted by Crippen LogP contribution is 2.10. The van der Waals surface area contributed by atoms with Crippen molar-refractivity contribution in [2.24, 2.45) is 0 Å². The van der Waals surface area contributed by atoms with E-state index in [9.17, 15) is 0 Å². The topological polar surface area (TPSA) is 12.0 Å². The van der Waals surface area contributed by atoms with Crippen molar-refractivity contribution < 1.29 is 0 Å². The molecule has 1 heterocycles. The van der Waals surface area contributed by atoms with E-state index >= 15 is 0 Å². The van der Waals surface area contributed by atoms with Crippen LogP contribution in [-0.4, -0.2) is 20.9 Å². The molecule has 0 saturated heterocycles. The van der Waals surface area contributed by atoms with E-state index in [1.807, 2.05) is 6.07 Å². The van der Waals surface area contributed by atoms with Gasteiger partial charge in [0.1, 0.15) is 7.85 Å². The zero-order valence-electron chi connectivity index (χ0n) is 7.14. The molecular weight excluding hydrogens is 145 g/mol. The SMILES string of the molecule is [B]c1ccc2c(c1)CCNCC2. The van der Waals surface area contributed by atoms with E-state index < -0.39 is 0 Å². The molecule has 1 nitrogen and oxygen atoms in total. The van der Waals surface area contributed by atoms with E-state index in [-0.39, 0.29) is 0 Å². The van der Waals surface area contributed by atoms with Crippen LogP contribution >= 0.6 is 0 Å². The van der Waals surface area contributed by atoms with Crippen molar-refractivity contribution in [1.82, 2.24) is 5.32 Å². The van der Waals surface area contributed by atoms with Gasteiger partial charge in [0.2, 0.25) is 0 Å². The number of nitrogens with one attached hydrogen (secondary N) is 1. The Balaban J connectivity index is 2.36. The molecule has 0 unspecified atom stereocenters. The molecule has 12 heavy (non-hydrogen) atoms. The Hall–Kier alpha value is -0.755. The van der Waals surface area contributed by atoms with Crippen LogP contribution in [0.2, 0.25) is 0 Å². The van der Waals surface area contributed by atoms with Crippen LogP contribution < -0.4 is 10.8 Å². The maximum absolute atomic E-state index is 5.71. The molecule has 1 aliphatic rings. The molecule has 2 radical (unpaired) electrons. The van der Waals surface area contributed by atoms with Crippen LogP contribution in [0.1, 0.15) is 11.1 Å². The van der Waals surface area contributed by atoms with Crippen molar-refractivity contribution in [2.45, 2.75) is 12.8 Å². The monoisotopic (exact) mass is 157 g/mol. The number of hydrogen-bond acceptors (Lipinski definition) is 1. The molecule has 0 bridgehead atoms. The average Bonchev–Trinajstić information content (AvgIpc) is 2.28. The Labute approximate surface area is 74.6 Å². The van der Waals surface area contributed by atoms with Crippen LogP contribution in [0.15, 0.2) is 18.2 Å². The van der Waals surface area contributed by atoms with Crippen molar-refractivity contribution in [3.63, 3.8) is 0 Å². The Morgan fingerprint density at radius 1 is 1.08 bits per heavy atom. The van der Waals surface area contributed by atoms with E-state index in [4.69, 9.17) is 7.85 Å². The van der Waals surface area contributed by atoms with Gasteiger partial charge in [-0.05, 0) is 37.1 Å². The molecule has 2 rings (SSSR count). The van der Waals surface area contributed by atoms with Gasteiger partial charge in [-0.1, -0.05) is 23.7 Å². The lowest BCUT2D eigenvalue weighted by Crippen LogP contribution is -2.16. The van der Waals surface area contributed by atoms with Crippen LogP contribution in [0.4, 0.5) is 0 Å². The van der Waals surface area contributed by atoms with Gasteiger partial charge in [-0.3, -0.25) is 0 Å². The number of benzene rings is 1. The lowest BCUT2D eigenvalue weighted by atomic mass is 9.90. The maximum Gasteiger partial charge on any atom is 0.113 e. The van der Waals surface area contributed by atoms with Crippen LogP contribution in [0.5, 0.6) is 0 Å². The minimum Gasteiger partial charge on any atom is -0.316 e. The van der Waals surface area contributed by atoms with Crippen molar-refractivity contribution >= 4 is 13.3 Å². The Kier molecular flexibility index (Phi) is 2.18. The normalized spacial score (nSPS) is 16.7. The fourth-order valence-corrected chi connectivity index (χ4v) is 1.69. The van der Waals surface area contributed by atoms with Gasteiger partial charge in [0.15, 0.2) is 0 Å². The molecule has 0 spiro atoms. The number of hydrogen-bond donors (Lipinski definition) is 1. The summed E-state index contributed by atoms with van der Waals surface area (Å²) < 4.78 is 0. The van der Waals surface area contributed by atoms with Gasteiger partial charge in [-0.2, -0.15) is 0 Å². The lowest BCUT2D eigenvalue weighted by Gasteiger charge is -2.05. The third-order valence-electron chi connectivity index (χ3n) is 2.37. The molecule has 1 aromatic rings. The lowest BCUT2D eigenvalue weighted by molar-refractivity contribution is 0.711. The average molecular weight is 157 g/mol. The van der Waals surface area contributed by atoms with E-state index in [0.717, 1.165) is 31.4 Å². The van der Waals surface area contributed by atoms with Crippen LogP contribution in [0.25, 0.3) is 0 Å². The van der Waals surface area contributed by atoms with E-state index in [0.29, 0.717) is 0 Å². The molecular formula is C10H12BN. The standard InChI is InChI=1S/C10H12BN/c11-10-2-1-8-3-5-12-6-4-9(8)7-10/h1-2,7,12H,3-6H2. The summed E-state index contributed by atoms with van der Waals surface area (Å²) in [6.45, 7) is 2.17. The van der Waals surface area contributed by atoms with E-state index in [1.54, 1.807) is 0 Å². The zero-order chi connectivity index (χ0) is 8.39. The van der Waals surface area contributed by atoms with Crippen LogP contribution in [0.3, 0.4) is 0 Å². The largest absolute Gasteiger partial charge is 0.316 e. The van der Waals surface area contributed by atoms with Crippen molar-refractivity contribution in [1.29, 1.82) is 0 Å². The van der Waals surface area contributed by atoms with Crippen LogP contribution in [-0.2, 0) is 12.8 Å². The molecule has 2 heteroatoms. The molecule has 1 aromatic carbocycles. The molecule has 0 atom stereocenters. The fraction of sp³-hybridized carbons (Fsp3) is 0.400. The van der Waals surface area contributed by atoms with E-state index in [2.05, 4.69) is 17.4 Å². The summed E-state index contributed by atoms with van der Waals surface area (Å²) in [5.74, 6) is 0. The molecule has 0 fully saturated rings. The first-order chi connectivity index (χ1) is 5.86. The smallest absolute Gasteiger partial charge is 0.113 e. The second-order valence-corrected chi connectivity index (χ2v) is 3.28. The predicted octanol–water partition coefficient (Wildman–Crippen LogP) is 0.169. The van der Waals surface area contributed by atoms with Gasteiger partial charge in [-0.25, -0.2) is 0 Å². The first-order valence-corrected chi connectivity index (χ1v) is 4.44. The van der Waals surface area contributed by atoms with Gasteiger partial charge in [-0.15, -0.1) is 0 Å². The first kappa shape index (κ1) is 7.87. The Bertz CT molecular complexity index is 283. The second-order valence-electron chi connectivity index (χ2n) is 3.28. The van der Waals surface area contributed by atoms with Crippen molar-refractivity contribution in [2.75, 3.05) is 13.1 Å². The van der Waals surface area contributed by atoms with Crippen LogP contribution in [0, 0.1) is 0 Å². The summed E-state index contributed by atoms with van der Waals surface area (Å²) in [4.78, 5) is 0. The summed E-state index contributed by atoms with van der Waals surface area (Å²) in [7, 11) is 5.71. The molecule has 0 amide bonds. The highest BCUT2D eigenvalue weighted by Gasteiger charge is 2.05. The summed E-state index contributed by atoms with van der Waals surface area (Å²) >= 11 is 0. The molecule has 0 aromatic heterocycles. The number of rotatable bonds is 0.